The lowest BCUT2D eigenvalue weighted by molar-refractivity contribution is -0.117. The minimum absolute atomic E-state index is 0.0397. The van der Waals surface area contributed by atoms with E-state index < -0.39 is 0 Å². The average molecular weight is 401 g/mol. The van der Waals surface area contributed by atoms with Gasteiger partial charge in [-0.3, -0.25) is 9.20 Å². The summed E-state index contributed by atoms with van der Waals surface area (Å²) >= 11 is 0. The third-order valence-electron chi connectivity index (χ3n) is 5.83. The van der Waals surface area contributed by atoms with Crippen molar-refractivity contribution in [1.82, 2.24) is 19.6 Å². The fourth-order valence-electron chi connectivity index (χ4n) is 4.10. The number of pyridine rings is 2. The molecule has 0 atom stereocenters. The normalized spacial score (nSPS) is 13.7. The number of amides is 1. The van der Waals surface area contributed by atoms with Gasteiger partial charge >= 0.3 is 0 Å². The third-order valence-corrected chi connectivity index (χ3v) is 5.83. The van der Waals surface area contributed by atoms with Gasteiger partial charge in [0.25, 0.3) is 0 Å². The van der Waals surface area contributed by atoms with Gasteiger partial charge in [-0.15, -0.1) is 10.2 Å². The van der Waals surface area contributed by atoms with Crippen molar-refractivity contribution >= 4 is 28.3 Å². The quantitative estimate of drug-likeness (QED) is 0.553. The number of carbonyl (C=O) groups is 1. The predicted octanol–water partition coefficient (Wildman–Crippen LogP) is 4.23. The number of aromatic nitrogens is 4. The van der Waals surface area contributed by atoms with Gasteiger partial charge in [-0.05, 0) is 62.4 Å². The van der Waals surface area contributed by atoms with Crippen LogP contribution in [0.5, 0.6) is 5.75 Å². The highest BCUT2D eigenvalue weighted by Crippen LogP contribution is 2.37. The largest absolute Gasteiger partial charge is 0.496 e. The molecule has 0 saturated heterocycles. The van der Waals surface area contributed by atoms with Gasteiger partial charge in [0.1, 0.15) is 17.4 Å². The van der Waals surface area contributed by atoms with Crippen molar-refractivity contribution in [3.8, 4) is 16.9 Å². The van der Waals surface area contributed by atoms with Gasteiger partial charge in [0.05, 0.1) is 12.6 Å². The van der Waals surface area contributed by atoms with E-state index in [2.05, 4.69) is 46.5 Å². The van der Waals surface area contributed by atoms with Crippen LogP contribution in [0.3, 0.4) is 0 Å². The number of hydrogen-bond acceptors (Lipinski definition) is 5. The number of ether oxygens (including phenoxy) is 1. The van der Waals surface area contributed by atoms with Crippen molar-refractivity contribution in [3.63, 3.8) is 0 Å². The Morgan fingerprint density at radius 2 is 1.97 bits per heavy atom. The molecule has 1 aromatic carbocycles. The molecule has 1 amide bonds. The highest BCUT2D eigenvalue weighted by molar-refractivity contribution is 5.97. The monoisotopic (exact) mass is 401 g/mol. The Balaban J connectivity index is 1.74. The molecule has 3 aromatic heterocycles. The van der Waals surface area contributed by atoms with Gasteiger partial charge in [0.15, 0.2) is 5.65 Å². The summed E-state index contributed by atoms with van der Waals surface area (Å²) in [4.78, 5) is 16.7. The Morgan fingerprint density at radius 1 is 1.17 bits per heavy atom. The number of nitrogens with one attached hydrogen (secondary N) is 1. The molecule has 0 spiro atoms. The number of methoxy groups -OCH3 is 1. The van der Waals surface area contributed by atoms with Crippen LogP contribution in [0.4, 0.5) is 5.82 Å². The molecule has 1 aliphatic rings. The first-order valence-corrected chi connectivity index (χ1v) is 10.1. The van der Waals surface area contributed by atoms with E-state index in [0.29, 0.717) is 5.82 Å². The lowest BCUT2D eigenvalue weighted by atomic mass is 9.95. The molecule has 7 nitrogen and oxygen atoms in total. The summed E-state index contributed by atoms with van der Waals surface area (Å²) in [7, 11) is 1.68. The molecule has 1 saturated carbocycles. The third kappa shape index (κ3) is 2.89. The Bertz CT molecular complexity index is 1320. The summed E-state index contributed by atoms with van der Waals surface area (Å²) in [6, 6.07) is 8.03. The molecule has 0 bridgehead atoms. The molecule has 152 valence electrons. The molecule has 30 heavy (non-hydrogen) atoms. The van der Waals surface area contributed by atoms with Gasteiger partial charge in [-0.1, -0.05) is 6.07 Å². The van der Waals surface area contributed by atoms with Crippen molar-refractivity contribution in [2.75, 3.05) is 12.4 Å². The van der Waals surface area contributed by atoms with E-state index in [9.17, 15) is 4.79 Å². The van der Waals surface area contributed by atoms with Crippen LogP contribution in [0.1, 0.15) is 29.8 Å². The van der Waals surface area contributed by atoms with Crippen molar-refractivity contribution < 1.29 is 9.53 Å². The first kappa shape index (κ1) is 18.5. The highest BCUT2D eigenvalue weighted by atomic mass is 16.5. The van der Waals surface area contributed by atoms with Gasteiger partial charge in [-0.2, -0.15) is 0 Å². The van der Waals surface area contributed by atoms with Crippen LogP contribution >= 0.6 is 0 Å². The maximum atomic E-state index is 12.2. The van der Waals surface area contributed by atoms with Gasteiger partial charge < -0.3 is 10.1 Å². The lowest BCUT2D eigenvalue weighted by Crippen LogP contribution is -2.14. The van der Waals surface area contributed by atoms with Crippen LogP contribution in [-0.2, 0) is 4.79 Å². The fourth-order valence-corrected chi connectivity index (χ4v) is 4.10. The van der Waals surface area contributed by atoms with Crippen molar-refractivity contribution in [2.24, 2.45) is 5.92 Å². The topological polar surface area (TPSA) is 81.4 Å². The number of anilines is 1. The summed E-state index contributed by atoms with van der Waals surface area (Å²) < 4.78 is 7.57. The summed E-state index contributed by atoms with van der Waals surface area (Å²) in [6.07, 6.45) is 3.71. The van der Waals surface area contributed by atoms with Crippen LogP contribution < -0.4 is 10.1 Å². The van der Waals surface area contributed by atoms with Crippen molar-refractivity contribution in [1.29, 1.82) is 0 Å². The number of hydrogen-bond donors (Lipinski definition) is 1. The van der Waals surface area contributed by atoms with E-state index >= 15 is 0 Å². The molecule has 3 heterocycles. The number of carbonyl (C=O) groups excluding carboxylic acids is 1. The van der Waals surface area contributed by atoms with E-state index in [1.54, 1.807) is 13.3 Å². The Kier molecular flexibility index (Phi) is 4.20. The van der Waals surface area contributed by atoms with Crippen LogP contribution in [0.2, 0.25) is 0 Å². The van der Waals surface area contributed by atoms with Crippen LogP contribution in [0.25, 0.3) is 27.7 Å². The Labute approximate surface area is 174 Å². The zero-order valence-electron chi connectivity index (χ0n) is 17.5. The minimum atomic E-state index is 0.0397. The Morgan fingerprint density at radius 3 is 2.70 bits per heavy atom. The van der Waals surface area contributed by atoms with E-state index in [1.165, 1.54) is 0 Å². The van der Waals surface area contributed by atoms with Crippen LogP contribution in [0, 0.1) is 26.7 Å². The number of nitrogens with zero attached hydrogens (tertiary/aromatic N) is 4. The highest BCUT2D eigenvalue weighted by Gasteiger charge is 2.30. The first-order valence-electron chi connectivity index (χ1n) is 10.1. The van der Waals surface area contributed by atoms with E-state index in [4.69, 9.17) is 4.74 Å². The lowest BCUT2D eigenvalue weighted by Gasteiger charge is -2.16. The zero-order valence-corrected chi connectivity index (χ0v) is 17.5. The maximum absolute atomic E-state index is 12.2. The second kappa shape index (κ2) is 6.79. The molecule has 1 fully saturated rings. The molecular formula is C23H23N5O2. The number of fused-ring (bicyclic) bond motifs is 3. The maximum Gasteiger partial charge on any atom is 0.228 e. The van der Waals surface area contributed by atoms with Gasteiger partial charge in [0, 0.05) is 29.1 Å². The smallest absolute Gasteiger partial charge is 0.228 e. The predicted molar refractivity (Wildman–Crippen MR) is 116 cm³/mol. The zero-order chi connectivity index (χ0) is 21.0. The summed E-state index contributed by atoms with van der Waals surface area (Å²) in [5.41, 5.74) is 5.94. The average Bonchev–Trinajstić information content (AvgIpc) is 3.51. The molecular weight excluding hydrogens is 378 g/mol. The molecule has 1 aliphatic carbocycles. The first-order chi connectivity index (χ1) is 14.5. The molecule has 4 aromatic rings. The Hall–Kier alpha value is -3.48. The fraction of sp³-hybridized carbons (Fsp3) is 0.304. The van der Waals surface area contributed by atoms with Gasteiger partial charge in [0.2, 0.25) is 5.91 Å². The van der Waals surface area contributed by atoms with E-state index in [-0.39, 0.29) is 11.8 Å². The SMILES string of the molecule is COc1ccc(C)c(-c2cc3cnc(NC(=O)C4CC4)cc3n3c(C)nnc23)c1C. The van der Waals surface area contributed by atoms with E-state index in [0.717, 1.165) is 63.2 Å². The molecule has 0 radical (unpaired) electrons. The molecule has 7 heteroatoms. The summed E-state index contributed by atoms with van der Waals surface area (Å²) in [5.74, 6) is 2.33. The summed E-state index contributed by atoms with van der Waals surface area (Å²) in [5, 5.41) is 12.7. The molecule has 0 unspecified atom stereocenters. The number of aryl methyl sites for hydroxylation is 2. The van der Waals surface area contributed by atoms with E-state index in [1.807, 2.05) is 23.5 Å². The van der Waals surface area contributed by atoms with Crippen LogP contribution in [-0.4, -0.2) is 32.6 Å². The van der Waals surface area contributed by atoms with Crippen molar-refractivity contribution in [3.05, 3.63) is 47.4 Å². The molecule has 1 N–H and O–H groups in total. The molecule has 5 rings (SSSR count). The van der Waals surface area contributed by atoms with Crippen molar-refractivity contribution in [2.45, 2.75) is 33.6 Å². The minimum Gasteiger partial charge on any atom is -0.496 e. The van der Waals surface area contributed by atoms with Crippen LogP contribution in [0.15, 0.2) is 30.5 Å². The van der Waals surface area contributed by atoms with Gasteiger partial charge in [-0.25, -0.2) is 4.98 Å². The number of benzene rings is 1. The summed E-state index contributed by atoms with van der Waals surface area (Å²) in [6.45, 7) is 6.07. The second-order valence-corrected chi connectivity index (χ2v) is 7.94. The standard InChI is InChI=1S/C23H23N5O2/c1-12-5-8-19(30-4)13(2)21(12)17-9-16-11-24-20(25-23(29)15-6-7-15)10-18(16)28-14(3)26-27-22(17)28/h5,8-11,15H,6-7H2,1-4H3,(H,24,25,29). The second-order valence-electron chi connectivity index (χ2n) is 7.94. The number of rotatable bonds is 4. The molecule has 0 aliphatic heterocycles.